The number of rotatable bonds is 8. The molecule has 0 bridgehead atoms. The first-order chi connectivity index (χ1) is 19.8. The van der Waals surface area contributed by atoms with Crippen LogP contribution in [0.15, 0.2) is 47.4 Å². The third kappa shape index (κ3) is 7.37. The molecule has 18 heteroatoms. The minimum absolute atomic E-state index is 0.0504. The molecule has 11 nitrogen and oxygen atoms in total. The molecular formula is C25H27Cl2F3N4O7S2. The van der Waals surface area contributed by atoms with E-state index >= 15 is 0 Å². The SMILES string of the molecule is CC(C)N1CC2N(C(=O)C(NS(C)(=O)=O)CN2S(=O)(=O)c2ccc(OC(F)(F)F)cc2Cl)C(Cc2ccc(Cl)cc2)C1=O. The van der Waals surface area contributed by atoms with Crippen molar-refractivity contribution in [2.24, 2.45) is 0 Å². The van der Waals surface area contributed by atoms with Crippen molar-refractivity contribution in [1.29, 1.82) is 0 Å². The third-order valence-corrected chi connectivity index (χ3v) is 10.2. The average molecular weight is 688 g/mol. The fraction of sp³-hybridized carbons (Fsp3) is 0.440. The minimum Gasteiger partial charge on any atom is -0.406 e. The number of ether oxygens (including phenoxy) is 1. The van der Waals surface area contributed by atoms with Gasteiger partial charge in [-0.25, -0.2) is 21.6 Å². The molecule has 2 heterocycles. The maximum atomic E-state index is 14.1. The van der Waals surface area contributed by atoms with Crippen molar-refractivity contribution in [2.45, 2.75) is 55.8 Å². The molecule has 2 amide bonds. The largest absolute Gasteiger partial charge is 0.573 e. The van der Waals surface area contributed by atoms with Crippen molar-refractivity contribution in [3.63, 3.8) is 0 Å². The Balaban J connectivity index is 1.84. The molecule has 0 saturated carbocycles. The molecule has 1 N–H and O–H groups in total. The second kappa shape index (κ2) is 12.0. The average Bonchev–Trinajstić information content (AvgIpc) is 2.86. The number of sulfonamides is 2. The lowest BCUT2D eigenvalue weighted by atomic mass is 9.96. The highest BCUT2D eigenvalue weighted by Gasteiger charge is 2.54. The number of benzene rings is 2. The predicted molar refractivity (Wildman–Crippen MR) is 150 cm³/mol. The van der Waals surface area contributed by atoms with E-state index in [4.69, 9.17) is 23.2 Å². The highest BCUT2D eigenvalue weighted by atomic mass is 35.5. The number of piperazine rings is 1. The van der Waals surface area contributed by atoms with Gasteiger partial charge in [-0.3, -0.25) is 9.59 Å². The number of nitrogens with one attached hydrogen (secondary N) is 1. The van der Waals surface area contributed by atoms with Crippen LogP contribution in [0.2, 0.25) is 10.0 Å². The smallest absolute Gasteiger partial charge is 0.406 e. The van der Waals surface area contributed by atoms with Gasteiger partial charge in [0.05, 0.1) is 17.8 Å². The van der Waals surface area contributed by atoms with Crippen LogP contribution >= 0.6 is 23.2 Å². The number of carbonyl (C=O) groups excluding carboxylic acids is 2. The predicted octanol–water partition coefficient (Wildman–Crippen LogP) is 2.83. The molecule has 0 spiro atoms. The van der Waals surface area contributed by atoms with E-state index in [2.05, 4.69) is 9.46 Å². The van der Waals surface area contributed by atoms with Crippen molar-refractivity contribution in [2.75, 3.05) is 19.3 Å². The number of hydrogen-bond acceptors (Lipinski definition) is 7. The molecular weight excluding hydrogens is 660 g/mol. The van der Waals surface area contributed by atoms with Crippen LogP contribution in [0, 0.1) is 0 Å². The van der Waals surface area contributed by atoms with Crippen LogP contribution in [-0.4, -0.2) is 92.8 Å². The lowest BCUT2D eigenvalue weighted by molar-refractivity contribution is -0.274. The second-order valence-electron chi connectivity index (χ2n) is 10.3. The van der Waals surface area contributed by atoms with Crippen LogP contribution in [0.25, 0.3) is 0 Å². The van der Waals surface area contributed by atoms with Gasteiger partial charge in [-0.15, -0.1) is 13.2 Å². The topological polar surface area (TPSA) is 133 Å². The van der Waals surface area contributed by atoms with Gasteiger partial charge in [-0.1, -0.05) is 35.3 Å². The Morgan fingerprint density at radius 3 is 2.16 bits per heavy atom. The summed E-state index contributed by atoms with van der Waals surface area (Å²) in [5.74, 6) is -2.07. The minimum atomic E-state index is -5.06. The van der Waals surface area contributed by atoms with Crippen LogP contribution in [0.4, 0.5) is 13.2 Å². The zero-order valence-corrected chi connectivity index (χ0v) is 26.0. The van der Waals surface area contributed by atoms with Gasteiger partial charge in [0.25, 0.3) is 0 Å². The Bertz CT molecular complexity index is 1620. The number of halogens is 5. The number of nitrogens with zero attached hydrogens (tertiary/aromatic N) is 3. The molecule has 43 heavy (non-hydrogen) atoms. The summed E-state index contributed by atoms with van der Waals surface area (Å²) in [4.78, 5) is 29.4. The molecule has 2 aliphatic heterocycles. The lowest BCUT2D eigenvalue weighted by Gasteiger charge is -2.54. The van der Waals surface area contributed by atoms with Crippen LogP contribution in [-0.2, 0) is 36.1 Å². The molecule has 4 rings (SSSR count). The van der Waals surface area contributed by atoms with E-state index in [0.29, 0.717) is 16.7 Å². The zero-order valence-electron chi connectivity index (χ0n) is 22.9. The van der Waals surface area contributed by atoms with Crippen molar-refractivity contribution in [3.8, 4) is 5.75 Å². The van der Waals surface area contributed by atoms with E-state index < -0.39 is 84.7 Å². The Kier molecular flexibility index (Phi) is 9.32. The van der Waals surface area contributed by atoms with Gasteiger partial charge in [0.15, 0.2) is 0 Å². The summed E-state index contributed by atoms with van der Waals surface area (Å²) in [7, 11) is -8.78. The number of carbonyl (C=O) groups is 2. The van der Waals surface area contributed by atoms with Gasteiger partial charge in [0, 0.05) is 30.1 Å². The van der Waals surface area contributed by atoms with Crippen LogP contribution in [0.3, 0.4) is 0 Å². The molecule has 3 atom stereocenters. The van der Waals surface area contributed by atoms with Crippen molar-refractivity contribution in [1.82, 2.24) is 18.8 Å². The number of amides is 2. The zero-order chi connectivity index (χ0) is 32.1. The van der Waals surface area contributed by atoms with Crippen LogP contribution in [0.5, 0.6) is 5.75 Å². The van der Waals surface area contributed by atoms with Crippen molar-refractivity contribution >= 4 is 55.1 Å². The first-order valence-electron chi connectivity index (χ1n) is 12.7. The van der Waals surface area contributed by atoms with Gasteiger partial charge in [0.1, 0.15) is 28.9 Å². The molecule has 2 aromatic rings. The van der Waals surface area contributed by atoms with Gasteiger partial charge >= 0.3 is 6.36 Å². The summed E-state index contributed by atoms with van der Waals surface area (Å²) in [6.07, 6.45) is -5.63. The first-order valence-corrected chi connectivity index (χ1v) is 16.8. The van der Waals surface area contributed by atoms with Gasteiger partial charge in [-0.2, -0.15) is 4.31 Å². The highest BCUT2D eigenvalue weighted by Crippen LogP contribution is 2.36. The van der Waals surface area contributed by atoms with E-state index in [1.165, 1.54) is 4.90 Å². The van der Waals surface area contributed by atoms with Crippen molar-refractivity contribution < 1.29 is 44.3 Å². The molecule has 0 radical (unpaired) electrons. The summed E-state index contributed by atoms with van der Waals surface area (Å²) >= 11 is 12.1. The maximum Gasteiger partial charge on any atom is 0.573 e. The summed E-state index contributed by atoms with van der Waals surface area (Å²) < 4.78 is 97.5. The van der Waals surface area contributed by atoms with E-state index in [1.807, 2.05) is 0 Å². The molecule has 2 aliphatic rings. The first kappa shape index (κ1) is 33.3. The molecule has 2 aromatic carbocycles. The molecule has 2 saturated heterocycles. The number of fused-ring (bicyclic) bond motifs is 1. The molecule has 2 fully saturated rings. The van der Waals surface area contributed by atoms with E-state index in [0.717, 1.165) is 27.6 Å². The van der Waals surface area contributed by atoms with Crippen LogP contribution in [0.1, 0.15) is 19.4 Å². The Morgan fingerprint density at radius 2 is 1.63 bits per heavy atom. The number of hydrogen-bond donors (Lipinski definition) is 1. The van der Waals surface area contributed by atoms with Crippen molar-refractivity contribution in [3.05, 3.63) is 58.1 Å². The Hall–Kier alpha value is -2.63. The van der Waals surface area contributed by atoms with Gasteiger partial charge < -0.3 is 14.5 Å². The summed E-state index contributed by atoms with van der Waals surface area (Å²) in [6.45, 7) is 2.47. The van der Waals surface area contributed by atoms with Gasteiger partial charge in [-0.05, 0) is 43.7 Å². The summed E-state index contributed by atoms with van der Waals surface area (Å²) in [5, 5.41) is -0.184. The Labute approximate surface area is 256 Å². The fourth-order valence-electron chi connectivity index (χ4n) is 5.08. The molecule has 0 aliphatic carbocycles. The van der Waals surface area contributed by atoms with E-state index in [9.17, 15) is 39.6 Å². The van der Waals surface area contributed by atoms with E-state index in [1.54, 1.807) is 38.1 Å². The molecule has 3 unspecified atom stereocenters. The summed E-state index contributed by atoms with van der Waals surface area (Å²) in [6, 6.07) is 5.41. The molecule has 236 valence electrons. The third-order valence-electron chi connectivity index (χ3n) is 6.88. The fourth-order valence-corrected chi connectivity index (χ4v) is 7.99. The maximum absolute atomic E-state index is 14.1. The highest BCUT2D eigenvalue weighted by molar-refractivity contribution is 7.89. The lowest BCUT2D eigenvalue weighted by Crippen LogP contribution is -2.76. The second-order valence-corrected chi connectivity index (χ2v) is 14.8. The van der Waals surface area contributed by atoms with Crippen LogP contribution < -0.4 is 9.46 Å². The Morgan fingerprint density at radius 1 is 1.00 bits per heavy atom. The standard InChI is InChI=1S/C25H27Cl2F3N4O7S2/c1-14(2)32-13-22-33(43(39,40)21-9-8-17(11-18(21)27)41-25(28,29)30)12-19(31-42(3,37)38)23(35)34(22)20(24(32)36)10-15-4-6-16(26)7-5-15/h4-9,11,14,19-20,22,31H,10,12-13H2,1-3H3. The van der Waals surface area contributed by atoms with E-state index in [-0.39, 0.29) is 13.0 Å². The number of alkyl halides is 3. The van der Waals surface area contributed by atoms with Gasteiger partial charge in [0.2, 0.25) is 31.9 Å². The quantitative estimate of drug-likeness (QED) is 0.452. The monoisotopic (exact) mass is 686 g/mol. The molecule has 0 aromatic heterocycles. The normalized spacial score (nSPS) is 22.2. The summed E-state index contributed by atoms with van der Waals surface area (Å²) in [5.41, 5.74) is 0.593.